The smallest absolute Gasteiger partial charge is 0.276 e. The number of hydrogen-bond donors (Lipinski definition) is 1. The van der Waals surface area contributed by atoms with Crippen molar-refractivity contribution in [3.63, 3.8) is 0 Å². The molecular weight excluding hydrogens is 376 g/mol. The molecule has 0 radical (unpaired) electrons. The van der Waals surface area contributed by atoms with Crippen LogP contribution in [0.1, 0.15) is 43.4 Å². The maximum absolute atomic E-state index is 12.4. The molecule has 0 aliphatic heterocycles. The van der Waals surface area contributed by atoms with Crippen LogP contribution >= 0.6 is 0 Å². The molecule has 2 aromatic carbocycles. The Bertz CT molecular complexity index is 924. The Labute approximate surface area is 167 Å². The second-order valence-corrected chi connectivity index (χ2v) is 8.10. The van der Waals surface area contributed by atoms with Gasteiger partial charge in [-0.15, -0.1) is 0 Å². The summed E-state index contributed by atoms with van der Waals surface area (Å²) in [6, 6.07) is 10.4. The van der Waals surface area contributed by atoms with Crippen LogP contribution in [-0.4, -0.2) is 27.8 Å². The summed E-state index contributed by atoms with van der Waals surface area (Å²) < 4.78 is 36.1. The van der Waals surface area contributed by atoms with Gasteiger partial charge >= 0.3 is 0 Å². The molecule has 0 aliphatic rings. The molecule has 28 heavy (non-hydrogen) atoms. The van der Waals surface area contributed by atoms with E-state index < -0.39 is 10.0 Å². The maximum Gasteiger partial charge on any atom is 0.276 e. The standard InChI is InChI=1S/C21H28N2O4S/c1-5-7-12-27-20-11-9-18(14-21(20)26-6-2)15-22-23-28(24,25)19-10-8-16(3)17(4)13-19/h8-11,13-15,23H,5-7,12H2,1-4H3/b22-15+. The lowest BCUT2D eigenvalue weighted by Gasteiger charge is -2.12. The SMILES string of the molecule is CCCCOc1ccc(/C=N/NS(=O)(=O)c2ccc(C)c(C)c2)cc1OCC. The number of unbranched alkanes of at least 4 members (excludes halogenated alkanes) is 1. The number of rotatable bonds is 10. The van der Waals surface area contributed by atoms with E-state index in [1.54, 1.807) is 36.4 Å². The minimum atomic E-state index is -3.72. The quantitative estimate of drug-likeness (QED) is 0.366. The van der Waals surface area contributed by atoms with E-state index in [1.165, 1.54) is 6.21 Å². The van der Waals surface area contributed by atoms with E-state index in [0.29, 0.717) is 30.3 Å². The van der Waals surface area contributed by atoms with Crippen molar-refractivity contribution in [2.24, 2.45) is 5.10 Å². The Morgan fingerprint density at radius 3 is 2.46 bits per heavy atom. The van der Waals surface area contributed by atoms with E-state index in [0.717, 1.165) is 24.0 Å². The van der Waals surface area contributed by atoms with Gasteiger partial charge in [0.1, 0.15) is 0 Å². The highest BCUT2D eigenvalue weighted by atomic mass is 32.2. The van der Waals surface area contributed by atoms with Gasteiger partial charge in [-0.25, -0.2) is 4.83 Å². The Morgan fingerprint density at radius 1 is 1.00 bits per heavy atom. The molecule has 0 aromatic heterocycles. The zero-order valence-corrected chi connectivity index (χ0v) is 17.7. The molecule has 0 atom stereocenters. The fourth-order valence-electron chi connectivity index (χ4n) is 2.42. The molecule has 2 rings (SSSR count). The van der Waals surface area contributed by atoms with Crippen LogP contribution in [0.25, 0.3) is 0 Å². The number of benzene rings is 2. The van der Waals surface area contributed by atoms with E-state index in [9.17, 15) is 8.42 Å². The first kappa shape index (κ1) is 21.8. The zero-order chi connectivity index (χ0) is 20.6. The molecule has 0 amide bonds. The van der Waals surface area contributed by atoms with Gasteiger partial charge in [-0.05, 0) is 74.2 Å². The summed E-state index contributed by atoms with van der Waals surface area (Å²) >= 11 is 0. The van der Waals surface area contributed by atoms with Gasteiger partial charge in [-0.2, -0.15) is 13.5 Å². The largest absolute Gasteiger partial charge is 0.490 e. The van der Waals surface area contributed by atoms with Gasteiger partial charge < -0.3 is 9.47 Å². The highest BCUT2D eigenvalue weighted by Crippen LogP contribution is 2.28. The van der Waals surface area contributed by atoms with Crippen molar-refractivity contribution in [2.45, 2.75) is 45.4 Å². The predicted octanol–water partition coefficient (Wildman–Crippen LogP) is 4.19. The molecule has 152 valence electrons. The van der Waals surface area contributed by atoms with Crippen molar-refractivity contribution < 1.29 is 17.9 Å². The third-order valence-electron chi connectivity index (χ3n) is 4.20. The van der Waals surface area contributed by atoms with Gasteiger partial charge in [0.05, 0.1) is 24.3 Å². The van der Waals surface area contributed by atoms with Crippen LogP contribution in [0, 0.1) is 13.8 Å². The maximum atomic E-state index is 12.4. The summed E-state index contributed by atoms with van der Waals surface area (Å²) in [7, 11) is -3.72. The first-order valence-corrected chi connectivity index (χ1v) is 10.9. The molecule has 0 aliphatic carbocycles. The van der Waals surface area contributed by atoms with Gasteiger partial charge in [0, 0.05) is 0 Å². The van der Waals surface area contributed by atoms with Crippen LogP contribution in [0.4, 0.5) is 0 Å². The van der Waals surface area contributed by atoms with Crippen molar-refractivity contribution in [3.8, 4) is 11.5 Å². The summed E-state index contributed by atoms with van der Waals surface area (Å²) in [6.45, 7) is 8.93. The summed E-state index contributed by atoms with van der Waals surface area (Å²) in [5, 5.41) is 3.89. The van der Waals surface area contributed by atoms with Crippen LogP contribution in [0.2, 0.25) is 0 Å². The average Bonchev–Trinajstić information content (AvgIpc) is 2.66. The number of hydrogen-bond acceptors (Lipinski definition) is 5. The first-order chi connectivity index (χ1) is 13.4. The van der Waals surface area contributed by atoms with Crippen molar-refractivity contribution in [1.29, 1.82) is 0 Å². The average molecular weight is 405 g/mol. The lowest BCUT2D eigenvalue weighted by Crippen LogP contribution is -2.18. The van der Waals surface area contributed by atoms with Crippen LogP contribution < -0.4 is 14.3 Å². The van der Waals surface area contributed by atoms with E-state index in [1.807, 2.05) is 20.8 Å². The van der Waals surface area contributed by atoms with E-state index in [-0.39, 0.29) is 4.90 Å². The van der Waals surface area contributed by atoms with Crippen molar-refractivity contribution in [3.05, 3.63) is 53.1 Å². The number of nitrogens with zero attached hydrogens (tertiary/aromatic N) is 1. The molecule has 0 saturated carbocycles. The Balaban J connectivity index is 2.12. The molecule has 0 bridgehead atoms. The summed E-state index contributed by atoms with van der Waals surface area (Å²) in [5.74, 6) is 1.28. The normalized spacial score (nSPS) is 11.6. The minimum Gasteiger partial charge on any atom is -0.490 e. The fraction of sp³-hybridized carbons (Fsp3) is 0.381. The van der Waals surface area contributed by atoms with Crippen molar-refractivity contribution in [1.82, 2.24) is 4.83 Å². The molecule has 7 heteroatoms. The van der Waals surface area contributed by atoms with Gasteiger partial charge in [-0.1, -0.05) is 19.4 Å². The monoisotopic (exact) mass is 404 g/mol. The highest BCUT2D eigenvalue weighted by Gasteiger charge is 2.13. The topological polar surface area (TPSA) is 77.0 Å². The van der Waals surface area contributed by atoms with Crippen molar-refractivity contribution >= 4 is 16.2 Å². The molecule has 0 spiro atoms. The lowest BCUT2D eigenvalue weighted by atomic mass is 10.1. The summed E-state index contributed by atoms with van der Waals surface area (Å²) in [5.41, 5.74) is 2.65. The second kappa shape index (κ2) is 10.1. The van der Waals surface area contributed by atoms with E-state index >= 15 is 0 Å². The number of hydrazone groups is 1. The molecule has 0 fully saturated rings. The highest BCUT2D eigenvalue weighted by molar-refractivity contribution is 7.89. The van der Waals surface area contributed by atoms with Gasteiger partial charge in [-0.3, -0.25) is 0 Å². The number of sulfonamides is 1. The predicted molar refractivity (Wildman–Crippen MR) is 112 cm³/mol. The minimum absolute atomic E-state index is 0.183. The van der Waals surface area contributed by atoms with Crippen LogP contribution in [-0.2, 0) is 10.0 Å². The Kier molecular flexibility index (Phi) is 7.87. The number of aryl methyl sites for hydroxylation is 2. The molecule has 1 N–H and O–H groups in total. The van der Waals surface area contributed by atoms with Gasteiger partial charge in [0.25, 0.3) is 10.0 Å². The van der Waals surface area contributed by atoms with Gasteiger partial charge in [0.15, 0.2) is 11.5 Å². The van der Waals surface area contributed by atoms with Crippen LogP contribution in [0.15, 0.2) is 46.4 Å². The summed E-state index contributed by atoms with van der Waals surface area (Å²) in [6.07, 6.45) is 3.46. The summed E-state index contributed by atoms with van der Waals surface area (Å²) in [4.78, 5) is 2.43. The Morgan fingerprint density at radius 2 is 1.79 bits per heavy atom. The third-order valence-corrected chi connectivity index (χ3v) is 5.42. The lowest BCUT2D eigenvalue weighted by molar-refractivity contribution is 0.272. The Hall–Kier alpha value is -2.54. The van der Waals surface area contributed by atoms with Gasteiger partial charge in [0.2, 0.25) is 0 Å². The third kappa shape index (κ3) is 5.99. The molecule has 0 saturated heterocycles. The van der Waals surface area contributed by atoms with E-state index in [2.05, 4.69) is 16.9 Å². The number of ether oxygens (including phenoxy) is 2. The van der Waals surface area contributed by atoms with Crippen LogP contribution in [0.5, 0.6) is 11.5 Å². The van der Waals surface area contributed by atoms with Crippen molar-refractivity contribution in [2.75, 3.05) is 13.2 Å². The van der Waals surface area contributed by atoms with E-state index in [4.69, 9.17) is 9.47 Å². The number of nitrogens with one attached hydrogen (secondary N) is 1. The molecule has 0 unspecified atom stereocenters. The second-order valence-electron chi connectivity index (χ2n) is 6.44. The van der Waals surface area contributed by atoms with Crippen LogP contribution in [0.3, 0.4) is 0 Å². The fourth-order valence-corrected chi connectivity index (χ4v) is 3.30. The molecule has 0 heterocycles. The molecule has 2 aromatic rings. The first-order valence-electron chi connectivity index (χ1n) is 9.39. The molecule has 6 nitrogen and oxygen atoms in total. The zero-order valence-electron chi connectivity index (χ0n) is 16.9. The molecular formula is C21H28N2O4S.